The Hall–Kier alpha value is -0.0900. The summed E-state index contributed by atoms with van der Waals surface area (Å²) in [6.45, 7) is 7.05. The van der Waals surface area contributed by atoms with Crippen molar-refractivity contribution in [3.63, 3.8) is 0 Å². The third-order valence-electron chi connectivity index (χ3n) is 1.76. The van der Waals surface area contributed by atoms with Crippen LogP contribution in [-0.4, -0.2) is 25.0 Å². The van der Waals surface area contributed by atoms with Gasteiger partial charge in [0.1, 0.15) is 0 Å². The Balaban J connectivity index is 4.45. The first-order chi connectivity index (χ1) is 5.19. The molecule has 0 rings (SSSR count). The summed E-state index contributed by atoms with van der Waals surface area (Å²) in [6, 6.07) is 0. The standard InChI is InChI=1S/C8H19NO2S/c1-5-7(2)12(10,11)6-8(3,4)9/h7H,5-6,9H2,1-4H3. The number of sulfone groups is 1. The molecule has 0 heterocycles. The zero-order valence-electron chi connectivity index (χ0n) is 8.29. The molecule has 0 spiro atoms. The Morgan fingerprint density at radius 1 is 1.42 bits per heavy atom. The van der Waals surface area contributed by atoms with Crippen LogP contribution in [0.5, 0.6) is 0 Å². The van der Waals surface area contributed by atoms with E-state index in [0.717, 1.165) is 0 Å². The number of rotatable bonds is 4. The fourth-order valence-corrected chi connectivity index (χ4v) is 2.74. The van der Waals surface area contributed by atoms with Gasteiger partial charge >= 0.3 is 0 Å². The fourth-order valence-electron chi connectivity index (χ4n) is 0.915. The van der Waals surface area contributed by atoms with E-state index in [1.807, 2.05) is 6.92 Å². The molecule has 1 unspecified atom stereocenters. The minimum absolute atomic E-state index is 0.0645. The van der Waals surface area contributed by atoms with E-state index in [0.29, 0.717) is 6.42 Å². The van der Waals surface area contributed by atoms with E-state index in [9.17, 15) is 8.42 Å². The predicted octanol–water partition coefficient (Wildman–Crippen LogP) is 0.937. The summed E-state index contributed by atoms with van der Waals surface area (Å²) < 4.78 is 23.0. The lowest BCUT2D eigenvalue weighted by Gasteiger charge is -2.20. The van der Waals surface area contributed by atoms with Gasteiger partial charge in [-0.15, -0.1) is 0 Å². The maximum atomic E-state index is 11.5. The summed E-state index contributed by atoms with van der Waals surface area (Å²) in [5.74, 6) is 0.0645. The number of hydrogen-bond acceptors (Lipinski definition) is 3. The van der Waals surface area contributed by atoms with E-state index in [4.69, 9.17) is 5.73 Å². The maximum Gasteiger partial charge on any atom is 0.154 e. The molecule has 0 aliphatic rings. The first kappa shape index (κ1) is 11.9. The van der Waals surface area contributed by atoms with Crippen molar-refractivity contribution in [3.8, 4) is 0 Å². The highest BCUT2D eigenvalue weighted by Crippen LogP contribution is 2.11. The van der Waals surface area contributed by atoms with Crippen molar-refractivity contribution in [2.45, 2.75) is 44.9 Å². The van der Waals surface area contributed by atoms with Crippen molar-refractivity contribution in [2.75, 3.05) is 5.75 Å². The molecule has 0 saturated carbocycles. The maximum absolute atomic E-state index is 11.5. The monoisotopic (exact) mass is 193 g/mol. The molecule has 0 aromatic rings. The molecule has 0 saturated heterocycles. The fraction of sp³-hybridized carbons (Fsp3) is 1.00. The highest BCUT2D eigenvalue weighted by molar-refractivity contribution is 7.92. The molecular formula is C8H19NO2S. The van der Waals surface area contributed by atoms with E-state index in [2.05, 4.69) is 0 Å². The van der Waals surface area contributed by atoms with Crippen LogP contribution in [-0.2, 0) is 9.84 Å². The second-order valence-electron chi connectivity index (χ2n) is 4.01. The molecule has 0 bridgehead atoms. The van der Waals surface area contributed by atoms with Gasteiger partial charge in [0.2, 0.25) is 0 Å². The summed E-state index contributed by atoms with van der Waals surface area (Å²) >= 11 is 0. The van der Waals surface area contributed by atoms with Crippen LogP contribution in [0.4, 0.5) is 0 Å². The molecule has 0 aromatic heterocycles. The Bertz CT molecular complexity index is 226. The lowest BCUT2D eigenvalue weighted by Crippen LogP contribution is -2.42. The summed E-state index contributed by atoms with van der Waals surface area (Å²) in [7, 11) is -2.99. The van der Waals surface area contributed by atoms with E-state index < -0.39 is 15.4 Å². The molecule has 3 nitrogen and oxygen atoms in total. The smallest absolute Gasteiger partial charge is 0.154 e. The Morgan fingerprint density at radius 2 is 1.83 bits per heavy atom. The van der Waals surface area contributed by atoms with Crippen molar-refractivity contribution < 1.29 is 8.42 Å². The molecule has 0 fully saturated rings. The number of nitrogens with two attached hydrogens (primary N) is 1. The molecule has 0 aliphatic carbocycles. The minimum Gasteiger partial charge on any atom is -0.325 e. The van der Waals surface area contributed by atoms with Gasteiger partial charge in [-0.3, -0.25) is 0 Å². The lowest BCUT2D eigenvalue weighted by atomic mass is 10.1. The molecule has 1 atom stereocenters. The Kier molecular flexibility index (Phi) is 3.72. The zero-order valence-corrected chi connectivity index (χ0v) is 9.11. The van der Waals surface area contributed by atoms with Gasteiger partial charge in [-0.2, -0.15) is 0 Å². The summed E-state index contributed by atoms with van der Waals surface area (Å²) in [4.78, 5) is 0. The Morgan fingerprint density at radius 3 is 2.08 bits per heavy atom. The van der Waals surface area contributed by atoms with Crippen molar-refractivity contribution >= 4 is 9.84 Å². The van der Waals surface area contributed by atoms with Gasteiger partial charge in [0.05, 0.1) is 11.0 Å². The van der Waals surface area contributed by atoms with Gasteiger partial charge in [0.25, 0.3) is 0 Å². The second-order valence-corrected chi connectivity index (χ2v) is 6.43. The SMILES string of the molecule is CCC(C)S(=O)(=O)CC(C)(C)N. The highest BCUT2D eigenvalue weighted by atomic mass is 32.2. The minimum atomic E-state index is -2.99. The molecule has 0 radical (unpaired) electrons. The molecule has 0 aliphatic heterocycles. The molecule has 2 N–H and O–H groups in total. The lowest BCUT2D eigenvalue weighted by molar-refractivity contribution is 0.535. The van der Waals surface area contributed by atoms with E-state index in [-0.39, 0.29) is 11.0 Å². The number of hydrogen-bond donors (Lipinski definition) is 1. The first-order valence-corrected chi connectivity index (χ1v) is 5.91. The van der Waals surface area contributed by atoms with Crippen LogP contribution in [0.3, 0.4) is 0 Å². The first-order valence-electron chi connectivity index (χ1n) is 4.19. The third-order valence-corrected chi connectivity index (χ3v) is 4.47. The summed E-state index contributed by atoms with van der Waals surface area (Å²) in [5.41, 5.74) is 5.01. The average Bonchev–Trinajstić information content (AvgIpc) is 1.80. The van der Waals surface area contributed by atoms with Gasteiger partial charge in [-0.05, 0) is 27.2 Å². The van der Waals surface area contributed by atoms with Gasteiger partial charge < -0.3 is 5.73 Å². The van der Waals surface area contributed by atoms with E-state index in [1.54, 1.807) is 20.8 Å². The third kappa shape index (κ3) is 4.07. The quantitative estimate of drug-likeness (QED) is 0.722. The van der Waals surface area contributed by atoms with Gasteiger partial charge in [-0.1, -0.05) is 6.92 Å². The van der Waals surface area contributed by atoms with Crippen LogP contribution < -0.4 is 5.73 Å². The van der Waals surface area contributed by atoms with Crippen LogP contribution >= 0.6 is 0 Å². The predicted molar refractivity (Wildman–Crippen MR) is 51.8 cm³/mol. The molecule has 4 heteroatoms. The molecule has 74 valence electrons. The molecule has 0 amide bonds. The topological polar surface area (TPSA) is 60.2 Å². The van der Waals surface area contributed by atoms with Crippen LogP contribution in [0, 0.1) is 0 Å². The van der Waals surface area contributed by atoms with Gasteiger partial charge in [-0.25, -0.2) is 8.42 Å². The van der Waals surface area contributed by atoms with Gasteiger partial charge in [0, 0.05) is 5.54 Å². The molecule has 0 aromatic carbocycles. The largest absolute Gasteiger partial charge is 0.325 e. The summed E-state index contributed by atoms with van der Waals surface area (Å²) in [5, 5.41) is -0.277. The van der Waals surface area contributed by atoms with Crippen molar-refractivity contribution in [1.29, 1.82) is 0 Å². The van der Waals surface area contributed by atoms with E-state index in [1.165, 1.54) is 0 Å². The Labute approximate surface area is 75.3 Å². The van der Waals surface area contributed by atoms with Crippen LogP contribution in [0.15, 0.2) is 0 Å². The molecule has 12 heavy (non-hydrogen) atoms. The van der Waals surface area contributed by atoms with Crippen molar-refractivity contribution in [1.82, 2.24) is 0 Å². The van der Waals surface area contributed by atoms with Crippen LogP contribution in [0.25, 0.3) is 0 Å². The normalized spacial score (nSPS) is 16.1. The summed E-state index contributed by atoms with van der Waals surface area (Å²) in [6.07, 6.45) is 0.651. The average molecular weight is 193 g/mol. The van der Waals surface area contributed by atoms with Crippen molar-refractivity contribution in [3.05, 3.63) is 0 Å². The van der Waals surface area contributed by atoms with E-state index >= 15 is 0 Å². The highest BCUT2D eigenvalue weighted by Gasteiger charge is 2.26. The van der Waals surface area contributed by atoms with Crippen LogP contribution in [0.2, 0.25) is 0 Å². The molecular weight excluding hydrogens is 174 g/mol. The van der Waals surface area contributed by atoms with Crippen LogP contribution in [0.1, 0.15) is 34.1 Å². The van der Waals surface area contributed by atoms with Crippen molar-refractivity contribution in [2.24, 2.45) is 5.73 Å². The van der Waals surface area contributed by atoms with Gasteiger partial charge in [0.15, 0.2) is 9.84 Å². The zero-order chi connectivity index (χ0) is 9.99. The second kappa shape index (κ2) is 3.75.